The molecule has 0 unspecified atom stereocenters. The minimum absolute atomic E-state index is 0. The van der Waals surface area contributed by atoms with Gasteiger partial charge in [0.15, 0.2) is 5.78 Å². The van der Waals surface area contributed by atoms with Crippen LogP contribution < -0.4 is 22.1 Å². The Bertz CT molecular complexity index is 2180. The molecule has 6 N–H and O–H groups in total. The molecule has 0 aliphatic heterocycles. The number of hydrogen-bond acceptors (Lipinski definition) is 13. The van der Waals surface area contributed by atoms with E-state index in [2.05, 4.69) is 15.4 Å². The van der Waals surface area contributed by atoms with Crippen LogP contribution in [0.5, 0.6) is 0 Å². The molecular weight excluding hydrogens is 1120 g/mol. The van der Waals surface area contributed by atoms with E-state index in [1.165, 1.54) is 116 Å². The molecule has 0 heterocycles. The SMILES string of the molecule is CC(C)(C)C(=O)CC(=O)NC1C2CC3CC(C2)CC1C3.CCOC(=O)CC(=O)C(C)(C)C.CN(C)/C=C(\C(=O)NC1C2CC3CC(C2)CC1C3)C(=O)C(C)(C)C.COC(OC)N(C)C.Cl.NC1C2CC3CC(C2)CC1C3.NC1C2CC3CC(C2)CC1C3. The third-order valence-electron chi connectivity index (χ3n) is 22.7. The number of nitrogens with two attached hydrogens (primary N) is 2. The van der Waals surface area contributed by atoms with Crippen molar-refractivity contribution >= 4 is 47.5 Å². The van der Waals surface area contributed by atoms with Crippen LogP contribution in [0.15, 0.2) is 11.8 Å². The molecule has 16 aliphatic carbocycles. The summed E-state index contributed by atoms with van der Waals surface area (Å²) >= 11 is 0. The summed E-state index contributed by atoms with van der Waals surface area (Å²) in [6.45, 7) is 18.7. The van der Waals surface area contributed by atoms with E-state index < -0.39 is 22.2 Å². The fraction of sp³-hybridized carbons (Fsp3) is 0.887. The summed E-state index contributed by atoms with van der Waals surface area (Å²) in [6.07, 6.45) is 29.3. The van der Waals surface area contributed by atoms with Crippen LogP contribution in [0.25, 0.3) is 0 Å². The molecule has 16 heteroatoms. The zero-order valence-corrected chi connectivity index (χ0v) is 57.9. The highest BCUT2D eigenvalue weighted by atomic mass is 35.5. The molecule has 16 bridgehead atoms. The second kappa shape index (κ2) is 31.1. The van der Waals surface area contributed by atoms with Crippen LogP contribution in [0.3, 0.4) is 0 Å². The number of nitrogens with one attached hydrogen (secondary N) is 2. The van der Waals surface area contributed by atoms with E-state index in [4.69, 9.17) is 20.9 Å². The molecule has 0 aromatic heterocycles. The molecule has 16 aliphatic rings. The van der Waals surface area contributed by atoms with Crippen LogP contribution in [-0.4, -0.2) is 125 Å². The van der Waals surface area contributed by atoms with Crippen LogP contribution in [-0.2, 0) is 43.0 Å². The van der Waals surface area contributed by atoms with Gasteiger partial charge in [-0.15, -0.1) is 12.4 Å². The molecule has 16 rings (SSSR count). The Hall–Kier alpha value is -2.95. The standard InChI is InChI=1S/C20H32N2O2.C17H27NO2.2C10H17N.C9H16O3.C5H13NO2.ClH/c1-20(2,3)18(23)16(11-22(4)5)19(24)21-17-14-7-12-6-13(9-14)10-15(17)8-12;1-17(2,3)14(19)9-15(20)18-16-12-5-10-4-11(7-12)8-13(16)6-10;2*11-10-8-2-6-1-7(4-8)5-9(10)3-6;1-5-12-8(11)6-7(10)9(2,3)4;1-6(2)5(7-3)8-4;/h11-15,17H,6-10H2,1-5H3,(H,21,24);10-13,16H,4-9H2,1-3H3,(H,18,20);2*6-10H,1-5,11H2;5-6H2,1-4H3;5H,1-4H3;1H/b16-11-;;;;;;. The first-order valence-corrected chi connectivity index (χ1v) is 34.2. The van der Waals surface area contributed by atoms with Crippen molar-refractivity contribution in [2.75, 3.05) is 49.0 Å². The average molecular weight is 1240 g/mol. The van der Waals surface area contributed by atoms with Gasteiger partial charge in [0.2, 0.25) is 12.3 Å². The van der Waals surface area contributed by atoms with Crippen LogP contribution >= 0.6 is 12.4 Å². The highest BCUT2D eigenvalue weighted by Gasteiger charge is 2.52. The van der Waals surface area contributed by atoms with Gasteiger partial charge in [-0.3, -0.25) is 33.7 Å². The highest BCUT2D eigenvalue weighted by molar-refractivity contribution is 6.20. The lowest BCUT2D eigenvalue weighted by Crippen LogP contribution is -2.56. The maximum Gasteiger partial charge on any atom is 0.313 e. The van der Waals surface area contributed by atoms with E-state index in [9.17, 15) is 28.8 Å². The van der Waals surface area contributed by atoms with E-state index in [0.717, 1.165) is 71.0 Å². The number of hydrogen-bond donors (Lipinski definition) is 4. The van der Waals surface area contributed by atoms with Crippen molar-refractivity contribution in [3.8, 4) is 0 Å². The van der Waals surface area contributed by atoms with Gasteiger partial charge in [-0.25, -0.2) is 0 Å². The predicted octanol–water partition coefficient (Wildman–Crippen LogP) is 11.6. The van der Waals surface area contributed by atoms with E-state index >= 15 is 0 Å². The quantitative estimate of drug-likeness (QED) is 0.0445. The van der Waals surface area contributed by atoms with Crippen molar-refractivity contribution in [2.24, 2.45) is 122 Å². The molecule has 0 saturated heterocycles. The summed E-state index contributed by atoms with van der Waals surface area (Å²) < 4.78 is 14.4. The fourth-order valence-electron chi connectivity index (χ4n) is 19.1. The van der Waals surface area contributed by atoms with Crippen LogP contribution in [0, 0.1) is 111 Å². The molecule has 498 valence electrons. The number of ether oxygens (including phenoxy) is 3. The molecular formula is C71H123ClN6O9. The molecule has 15 nitrogen and oxygen atoms in total. The number of nitrogens with zero attached hydrogens (tertiary/aromatic N) is 2. The number of halogens is 1. The second-order valence-electron chi connectivity index (χ2n) is 33.3. The van der Waals surface area contributed by atoms with E-state index in [1.54, 1.807) is 65.9 Å². The van der Waals surface area contributed by atoms with Gasteiger partial charge in [0, 0.05) is 74.9 Å². The maximum absolute atomic E-state index is 12.9. The Balaban J connectivity index is 0.000000173. The lowest BCUT2D eigenvalue weighted by molar-refractivity contribution is -0.179. The topological polar surface area (TPSA) is 213 Å². The lowest BCUT2D eigenvalue weighted by atomic mass is 9.54. The smallest absolute Gasteiger partial charge is 0.313 e. The van der Waals surface area contributed by atoms with Crippen LogP contribution in [0.1, 0.15) is 210 Å². The van der Waals surface area contributed by atoms with Crippen molar-refractivity contribution in [2.45, 2.75) is 241 Å². The fourth-order valence-corrected chi connectivity index (χ4v) is 19.1. The number of esters is 1. The second-order valence-corrected chi connectivity index (χ2v) is 33.3. The van der Waals surface area contributed by atoms with Crippen LogP contribution in [0.2, 0.25) is 0 Å². The van der Waals surface area contributed by atoms with Gasteiger partial charge in [-0.2, -0.15) is 0 Å². The van der Waals surface area contributed by atoms with Crippen molar-refractivity contribution in [1.82, 2.24) is 20.4 Å². The molecule has 0 spiro atoms. The monoisotopic (exact) mass is 1240 g/mol. The zero-order chi connectivity index (χ0) is 63.3. The van der Waals surface area contributed by atoms with E-state index in [1.807, 2.05) is 74.6 Å². The Kier molecular flexibility index (Phi) is 26.1. The number of Topliss-reactive ketones (excluding diaryl/α,β-unsaturated/α-hetero) is 3. The molecule has 16 saturated carbocycles. The van der Waals surface area contributed by atoms with E-state index in [-0.39, 0.29) is 66.9 Å². The molecule has 16 fully saturated rings. The van der Waals surface area contributed by atoms with Crippen molar-refractivity contribution in [3.63, 3.8) is 0 Å². The summed E-state index contributed by atoms with van der Waals surface area (Å²) in [5.74, 6) is 13.4. The maximum atomic E-state index is 12.9. The number of amides is 2. The number of carbonyl (C=O) groups excluding carboxylic acids is 6. The zero-order valence-electron chi connectivity index (χ0n) is 57.1. The Morgan fingerprint density at radius 2 is 0.770 bits per heavy atom. The number of methoxy groups -OCH3 is 2. The minimum Gasteiger partial charge on any atom is -0.466 e. The minimum atomic E-state index is -0.552. The van der Waals surface area contributed by atoms with Gasteiger partial charge in [-0.05, 0) is 244 Å². The molecule has 0 atom stereocenters. The number of carbonyl (C=O) groups is 6. The summed E-state index contributed by atoms with van der Waals surface area (Å²) in [5, 5.41) is 6.47. The van der Waals surface area contributed by atoms with Crippen molar-refractivity contribution in [3.05, 3.63) is 11.8 Å². The number of ketones is 3. The molecule has 0 radical (unpaired) electrons. The Labute approximate surface area is 532 Å². The Morgan fingerprint density at radius 1 is 0.471 bits per heavy atom. The summed E-state index contributed by atoms with van der Waals surface area (Å²) in [6, 6.07) is 1.79. The van der Waals surface area contributed by atoms with Gasteiger partial charge in [0.25, 0.3) is 5.91 Å². The predicted molar refractivity (Wildman–Crippen MR) is 348 cm³/mol. The molecule has 0 aromatic carbocycles. The largest absolute Gasteiger partial charge is 0.466 e. The molecule has 87 heavy (non-hydrogen) atoms. The highest BCUT2D eigenvalue weighted by Crippen LogP contribution is 2.56. The molecule has 2 amide bonds. The van der Waals surface area contributed by atoms with Crippen molar-refractivity contribution in [1.29, 1.82) is 0 Å². The number of rotatable bonds is 13. The van der Waals surface area contributed by atoms with E-state index in [0.29, 0.717) is 54.0 Å². The Morgan fingerprint density at radius 3 is 1.02 bits per heavy atom. The summed E-state index contributed by atoms with van der Waals surface area (Å²) in [5.41, 5.74) is 11.2. The van der Waals surface area contributed by atoms with Crippen molar-refractivity contribution < 1.29 is 43.0 Å². The first-order chi connectivity index (χ1) is 40.2. The first kappa shape index (κ1) is 73.1. The summed E-state index contributed by atoms with van der Waals surface area (Å²) in [7, 11) is 10.7. The average Bonchev–Trinajstić information content (AvgIpc) is 1.12. The van der Waals surface area contributed by atoms with Gasteiger partial charge >= 0.3 is 5.97 Å². The summed E-state index contributed by atoms with van der Waals surface area (Å²) in [4.78, 5) is 75.5. The first-order valence-electron chi connectivity index (χ1n) is 34.2. The molecule has 0 aromatic rings. The van der Waals surface area contributed by atoms with Gasteiger partial charge in [0.1, 0.15) is 18.0 Å². The normalized spacial score (nSPS) is 36.4. The van der Waals surface area contributed by atoms with Gasteiger partial charge in [0.05, 0.1) is 18.6 Å². The van der Waals surface area contributed by atoms with Gasteiger partial charge in [-0.1, -0.05) is 62.3 Å². The third kappa shape index (κ3) is 19.8. The lowest BCUT2D eigenvalue weighted by Gasteiger charge is -2.54. The van der Waals surface area contributed by atoms with Gasteiger partial charge < -0.3 is 41.2 Å². The van der Waals surface area contributed by atoms with Crippen LogP contribution in [0.4, 0.5) is 0 Å². The third-order valence-corrected chi connectivity index (χ3v) is 22.7.